The number of carbonyl (C=O) groups excluding carboxylic acids is 1. The van der Waals surface area contributed by atoms with Crippen molar-refractivity contribution in [1.82, 2.24) is 9.97 Å². The number of nitrogens with zero attached hydrogens (tertiary/aromatic N) is 2. The first-order valence-corrected chi connectivity index (χ1v) is 6.62. The molecule has 7 heteroatoms. The molecule has 19 heavy (non-hydrogen) atoms. The van der Waals surface area contributed by atoms with Crippen LogP contribution in [0.1, 0.15) is 30.1 Å². The van der Waals surface area contributed by atoms with E-state index < -0.39 is 5.97 Å². The molecular formula is C12H16ClN3O3. The smallest absolute Gasteiger partial charge is 0.343 e. The molecule has 1 aromatic rings. The van der Waals surface area contributed by atoms with Crippen LogP contribution in [-0.4, -0.2) is 41.8 Å². The predicted octanol–water partition coefficient (Wildman–Crippen LogP) is 1.90. The normalized spacial score (nSPS) is 16.1. The number of nitrogens with one attached hydrogen (secondary N) is 1. The van der Waals surface area contributed by atoms with Crippen molar-refractivity contribution in [2.24, 2.45) is 0 Å². The largest absolute Gasteiger partial charge is 0.462 e. The van der Waals surface area contributed by atoms with Crippen LogP contribution in [0.15, 0.2) is 6.20 Å². The third-order valence-electron chi connectivity index (χ3n) is 2.82. The van der Waals surface area contributed by atoms with Gasteiger partial charge in [-0.25, -0.2) is 9.78 Å². The molecule has 1 saturated heterocycles. The van der Waals surface area contributed by atoms with Gasteiger partial charge in [-0.05, 0) is 31.4 Å². The predicted molar refractivity (Wildman–Crippen MR) is 70.5 cm³/mol. The first-order valence-electron chi connectivity index (χ1n) is 6.24. The van der Waals surface area contributed by atoms with Crippen molar-refractivity contribution in [3.05, 3.63) is 17.0 Å². The summed E-state index contributed by atoms with van der Waals surface area (Å²) in [5, 5.41) is 3.31. The molecule has 0 unspecified atom stereocenters. The standard InChI is InChI=1S/C12H16ClN3O3/c1-2-19-11(17)9-7-14-12(13)16-10(9)15-8-3-5-18-6-4-8/h7-8H,2-6H2,1H3,(H,14,15,16). The Balaban J connectivity index is 2.16. The molecule has 1 aliphatic rings. The third kappa shape index (κ3) is 3.78. The Morgan fingerprint density at radius 3 is 3.00 bits per heavy atom. The van der Waals surface area contributed by atoms with Gasteiger partial charge in [-0.2, -0.15) is 4.98 Å². The molecule has 0 aromatic carbocycles. The van der Waals surface area contributed by atoms with Gasteiger partial charge >= 0.3 is 5.97 Å². The lowest BCUT2D eigenvalue weighted by atomic mass is 10.1. The third-order valence-corrected chi connectivity index (χ3v) is 3.00. The van der Waals surface area contributed by atoms with Crippen molar-refractivity contribution in [2.75, 3.05) is 25.1 Å². The fraction of sp³-hybridized carbons (Fsp3) is 0.583. The topological polar surface area (TPSA) is 73.3 Å². The number of esters is 1. The van der Waals surface area contributed by atoms with Crippen molar-refractivity contribution in [2.45, 2.75) is 25.8 Å². The molecule has 104 valence electrons. The van der Waals surface area contributed by atoms with Crippen LogP contribution in [0.4, 0.5) is 5.82 Å². The molecule has 1 fully saturated rings. The second-order valence-corrected chi connectivity index (χ2v) is 4.49. The summed E-state index contributed by atoms with van der Waals surface area (Å²) in [7, 11) is 0. The van der Waals surface area contributed by atoms with Gasteiger partial charge in [0.1, 0.15) is 11.4 Å². The fourth-order valence-corrected chi connectivity index (χ4v) is 2.00. The van der Waals surface area contributed by atoms with E-state index in [1.165, 1.54) is 6.20 Å². The van der Waals surface area contributed by atoms with Gasteiger partial charge in [0, 0.05) is 25.5 Å². The summed E-state index contributed by atoms with van der Waals surface area (Å²) >= 11 is 5.78. The van der Waals surface area contributed by atoms with Gasteiger partial charge in [-0.15, -0.1) is 0 Å². The number of rotatable bonds is 4. The lowest BCUT2D eigenvalue weighted by Gasteiger charge is -2.24. The first-order chi connectivity index (χ1) is 9.20. The number of halogens is 1. The zero-order valence-corrected chi connectivity index (χ0v) is 11.4. The summed E-state index contributed by atoms with van der Waals surface area (Å²) in [6.07, 6.45) is 3.11. The maximum atomic E-state index is 11.8. The highest BCUT2D eigenvalue weighted by atomic mass is 35.5. The SMILES string of the molecule is CCOC(=O)c1cnc(Cl)nc1NC1CCOCC1. The minimum Gasteiger partial charge on any atom is -0.462 e. The molecule has 6 nitrogen and oxygen atoms in total. The van der Waals surface area contributed by atoms with Crippen LogP contribution < -0.4 is 5.32 Å². The number of hydrogen-bond acceptors (Lipinski definition) is 6. The van der Waals surface area contributed by atoms with E-state index in [1.807, 2.05) is 0 Å². The molecule has 0 radical (unpaired) electrons. The number of carbonyl (C=O) groups is 1. The first kappa shape index (κ1) is 14.0. The van der Waals surface area contributed by atoms with Crippen LogP contribution in [0, 0.1) is 0 Å². The number of aromatic nitrogens is 2. The quantitative estimate of drug-likeness (QED) is 0.673. The highest BCUT2D eigenvalue weighted by Gasteiger charge is 2.20. The molecule has 1 aliphatic heterocycles. The van der Waals surface area contributed by atoms with Crippen LogP contribution in [0.25, 0.3) is 0 Å². The minimum absolute atomic E-state index is 0.0996. The summed E-state index contributed by atoms with van der Waals surface area (Å²) in [4.78, 5) is 19.7. The molecule has 0 bridgehead atoms. The highest BCUT2D eigenvalue weighted by molar-refractivity contribution is 6.28. The lowest BCUT2D eigenvalue weighted by molar-refractivity contribution is 0.0526. The van der Waals surface area contributed by atoms with Crippen LogP contribution in [-0.2, 0) is 9.47 Å². The van der Waals surface area contributed by atoms with E-state index in [2.05, 4.69) is 15.3 Å². The van der Waals surface area contributed by atoms with Crippen molar-refractivity contribution in [3.8, 4) is 0 Å². The maximum absolute atomic E-state index is 11.8. The van der Waals surface area contributed by atoms with Crippen LogP contribution in [0.3, 0.4) is 0 Å². The molecule has 1 N–H and O–H groups in total. The molecule has 0 saturated carbocycles. The zero-order valence-electron chi connectivity index (χ0n) is 10.7. The summed E-state index contributed by atoms with van der Waals surface area (Å²) < 4.78 is 10.3. The Labute approximate surface area is 116 Å². The summed E-state index contributed by atoms with van der Waals surface area (Å²) in [6.45, 7) is 3.45. The van der Waals surface area contributed by atoms with Gasteiger partial charge in [0.25, 0.3) is 0 Å². The summed E-state index contributed by atoms with van der Waals surface area (Å²) in [6, 6.07) is 0.216. The van der Waals surface area contributed by atoms with E-state index in [0.717, 1.165) is 12.8 Å². The van der Waals surface area contributed by atoms with E-state index in [1.54, 1.807) is 6.92 Å². The Hall–Kier alpha value is -1.40. The van der Waals surface area contributed by atoms with E-state index >= 15 is 0 Å². The molecule has 0 spiro atoms. The summed E-state index contributed by atoms with van der Waals surface area (Å²) in [5.74, 6) is -0.0286. The number of hydrogen-bond donors (Lipinski definition) is 1. The number of ether oxygens (including phenoxy) is 2. The highest BCUT2D eigenvalue weighted by Crippen LogP contribution is 2.19. The second-order valence-electron chi connectivity index (χ2n) is 4.15. The Morgan fingerprint density at radius 1 is 1.58 bits per heavy atom. The van der Waals surface area contributed by atoms with Crippen LogP contribution in [0.5, 0.6) is 0 Å². The lowest BCUT2D eigenvalue weighted by Crippen LogP contribution is -2.29. The van der Waals surface area contributed by atoms with Gasteiger partial charge < -0.3 is 14.8 Å². The fourth-order valence-electron chi connectivity index (χ4n) is 1.86. The van der Waals surface area contributed by atoms with Crippen molar-refractivity contribution in [1.29, 1.82) is 0 Å². The molecule has 2 heterocycles. The van der Waals surface area contributed by atoms with E-state index in [4.69, 9.17) is 21.1 Å². The van der Waals surface area contributed by atoms with Crippen LogP contribution >= 0.6 is 11.6 Å². The average molecular weight is 286 g/mol. The van der Waals surface area contributed by atoms with E-state index in [9.17, 15) is 4.79 Å². The van der Waals surface area contributed by atoms with E-state index in [-0.39, 0.29) is 11.3 Å². The minimum atomic E-state index is -0.450. The summed E-state index contributed by atoms with van der Waals surface area (Å²) in [5.41, 5.74) is 0.303. The Bertz CT molecular complexity index is 450. The van der Waals surface area contributed by atoms with Gasteiger partial charge in [-0.3, -0.25) is 0 Å². The van der Waals surface area contributed by atoms with Crippen molar-refractivity contribution >= 4 is 23.4 Å². The Morgan fingerprint density at radius 2 is 2.32 bits per heavy atom. The Kier molecular flexibility index (Phi) is 4.93. The maximum Gasteiger partial charge on any atom is 0.343 e. The monoisotopic (exact) mass is 285 g/mol. The van der Waals surface area contributed by atoms with Gasteiger partial charge in [0.2, 0.25) is 5.28 Å². The average Bonchev–Trinajstić information content (AvgIpc) is 2.40. The zero-order chi connectivity index (χ0) is 13.7. The molecule has 0 aliphatic carbocycles. The van der Waals surface area contributed by atoms with Gasteiger partial charge in [0.15, 0.2) is 0 Å². The molecular weight excluding hydrogens is 270 g/mol. The van der Waals surface area contributed by atoms with Crippen LogP contribution in [0.2, 0.25) is 5.28 Å². The molecule has 0 atom stereocenters. The molecule has 1 aromatic heterocycles. The van der Waals surface area contributed by atoms with Gasteiger partial charge in [0.05, 0.1) is 6.61 Å². The van der Waals surface area contributed by atoms with E-state index in [0.29, 0.717) is 31.2 Å². The molecule has 0 amide bonds. The van der Waals surface area contributed by atoms with Gasteiger partial charge in [-0.1, -0.05) is 0 Å². The number of anilines is 1. The molecule has 2 rings (SSSR count). The second kappa shape index (κ2) is 6.68. The van der Waals surface area contributed by atoms with Crippen molar-refractivity contribution < 1.29 is 14.3 Å². The van der Waals surface area contributed by atoms with Crippen molar-refractivity contribution in [3.63, 3.8) is 0 Å².